The van der Waals surface area contributed by atoms with Crippen molar-refractivity contribution in [2.24, 2.45) is 7.05 Å². The molecule has 6 nitrogen and oxygen atoms in total. The fourth-order valence-corrected chi connectivity index (χ4v) is 1.99. The predicted octanol–water partition coefficient (Wildman–Crippen LogP) is 0.769. The lowest BCUT2D eigenvalue weighted by Crippen LogP contribution is -2.26. The maximum Gasteiger partial charge on any atom is 0.246 e. The first-order valence-corrected chi connectivity index (χ1v) is 6.93. The fourth-order valence-electron chi connectivity index (χ4n) is 1.99. The molecule has 1 fully saturated rings. The smallest absolute Gasteiger partial charge is 0.246 e. The van der Waals surface area contributed by atoms with Crippen LogP contribution in [0.25, 0.3) is 0 Å². The van der Waals surface area contributed by atoms with Gasteiger partial charge in [0.2, 0.25) is 5.91 Å². The van der Waals surface area contributed by atoms with E-state index in [0.29, 0.717) is 12.5 Å². The van der Waals surface area contributed by atoms with E-state index < -0.39 is 0 Å². The molecule has 0 saturated heterocycles. The molecule has 0 radical (unpaired) electrons. The van der Waals surface area contributed by atoms with E-state index >= 15 is 0 Å². The minimum absolute atomic E-state index is 0.0113. The normalized spacial score (nSPS) is 15.2. The van der Waals surface area contributed by atoms with Gasteiger partial charge >= 0.3 is 0 Å². The van der Waals surface area contributed by atoms with Gasteiger partial charge in [-0.25, -0.2) is 0 Å². The summed E-state index contributed by atoms with van der Waals surface area (Å²) in [6.45, 7) is 1.25. The number of nitrogens with zero attached hydrogens (tertiary/aromatic N) is 5. The number of carbonyl (C=O) groups excluding carboxylic acids is 1. The summed E-state index contributed by atoms with van der Waals surface area (Å²) in [4.78, 5) is 15.6. The molecule has 0 bridgehead atoms. The van der Waals surface area contributed by atoms with Gasteiger partial charge < -0.3 is 14.4 Å². The van der Waals surface area contributed by atoms with Crippen molar-refractivity contribution < 1.29 is 4.79 Å². The minimum Gasteiger partial charge on any atom is -0.335 e. The Morgan fingerprint density at radius 2 is 2.05 bits per heavy atom. The molecule has 1 saturated carbocycles. The first-order chi connectivity index (χ1) is 9.49. The third-order valence-electron chi connectivity index (χ3n) is 3.43. The molecule has 1 aromatic rings. The van der Waals surface area contributed by atoms with Crippen molar-refractivity contribution in [1.29, 1.82) is 0 Å². The van der Waals surface area contributed by atoms with Crippen molar-refractivity contribution in [1.82, 2.24) is 24.6 Å². The number of hydrogen-bond acceptors (Lipinski definition) is 4. The van der Waals surface area contributed by atoms with Gasteiger partial charge in [-0.3, -0.25) is 4.79 Å². The highest BCUT2D eigenvalue weighted by atomic mass is 16.2. The Balaban J connectivity index is 1.92. The van der Waals surface area contributed by atoms with E-state index in [0.717, 1.165) is 18.2 Å². The number of rotatable bonds is 6. The van der Waals surface area contributed by atoms with Crippen LogP contribution in [0.2, 0.25) is 0 Å². The Bertz CT molecular complexity index is 502. The summed E-state index contributed by atoms with van der Waals surface area (Å²) in [7, 11) is 7.70. The number of likely N-dealkylation sites (N-methyl/N-ethyl adjacent to an activating group) is 2. The fraction of sp³-hybridized carbons (Fsp3) is 0.643. The van der Waals surface area contributed by atoms with Gasteiger partial charge in [0.15, 0.2) is 5.82 Å². The first-order valence-electron chi connectivity index (χ1n) is 6.93. The molecule has 1 aliphatic carbocycles. The molecule has 0 spiro atoms. The van der Waals surface area contributed by atoms with E-state index in [2.05, 4.69) is 10.2 Å². The molecule has 0 aromatic carbocycles. The summed E-state index contributed by atoms with van der Waals surface area (Å²) < 4.78 is 2.02. The van der Waals surface area contributed by atoms with E-state index in [1.807, 2.05) is 36.7 Å². The molecule has 0 atom stereocenters. The van der Waals surface area contributed by atoms with E-state index in [9.17, 15) is 4.79 Å². The van der Waals surface area contributed by atoms with Crippen LogP contribution < -0.4 is 0 Å². The maximum atomic E-state index is 12.0. The van der Waals surface area contributed by atoms with E-state index in [1.54, 1.807) is 18.0 Å². The van der Waals surface area contributed by atoms with Gasteiger partial charge in [0.25, 0.3) is 0 Å². The van der Waals surface area contributed by atoms with Gasteiger partial charge in [0.05, 0.1) is 6.54 Å². The summed E-state index contributed by atoms with van der Waals surface area (Å²) in [5.41, 5.74) is 0. The second-order valence-electron chi connectivity index (χ2n) is 5.67. The monoisotopic (exact) mass is 277 g/mol. The van der Waals surface area contributed by atoms with Crippen molar-refractivity contribution in [3.63, 3.8) is 0 Å². The lowest BCUT2D eigenvalue weighted by Gasteiger charge is -2.14. The molecule has 1 aliphatic rings. The number of hydrogen-bond donors (Lipinski definition) is 0. The van der Waals surface area contributed by atoms with Crippen molar-refractivity contribution in [2.45, 2.75) is 25.3 Å². The van der Waals surface area contributed by atoms with E-state index in [1.165, 1.54) is 12.8 Å². The first kappa shape index (κ1) is 14.7. The highest BCUT2D eigenvalue weighted by Crippen LogP contribution is 2.38. The number of amides is 1. The lowest BCUT2D eigenvalue weighted by molar-refractivity contribution is -0.125. The molecular formula is C14H23N5O. The molecule has 1 heterocycles. The zero-order chi connectivity index (χ0) is 14.7. The molecular weight excluding hydrogens is 254 g/mol. The van der Waals surface area contributed by atoms with Crippen LogP contribution in [0.1, 0.15) is 30.4 Å². The van der Waals surface area contributed by atoms with Gasteiger partial charge in [-0.15, -0.1) is 10.2 Å². The largest absolute Gasteiger partial charge is 0.335 e. The number of carbonyl (C=O) groups is 1. The second-order valence-corrected chi connectivity index (χ2v) is 5.67. The molecule has 0 aliphatic heterocycles. The van der Waals surface area contributed by atoms with Crippen LogP contribution in [0.4, 0.5) is 0 Å². The highest BCUT2D eigenvalue weighted by Gasteiger charge is 2.29. The van der Waals surface area contributed by atoms with Crippen LogP contribution in [0.5, 0.6) is 0 Å². The molecule has 1 amide bonds. The van der Waals surface area contributed by atoms with Crippen LogP contribution in [0.15, 0.2) is 12.2 Å². The summed E-state index contributed by atoms with van der Waals surface area (Å²) in [6.07, 6.45) is 5.88. The average Bonchev–Trinajstić information content (AvgIpc) is 3.16. The van der Waals surface area contributed by atoms with Crippen LogP contribution >= 0.6 is 0 Å². The quantitative estimate of drug-likeness (QED) is 0.721. The van der Waals surface area contributed by atoms with Crippen LogP contribution in [0.3, 0.4) is 0 Å². The maximum absolute atomic E-state index is 12.0. The standard InChI is InChI=1S/C14H23N5O/c1-17(2)9-5-6-13(20)18(3)10-12-15-16-14(19(12)4)11-7-8-11/h5-6,11H,7-10H2,1-4H3/b6-5+. The SMILES string of the molecule is CN(C)C/C=C/C(=O)N(C)Cc1nnc(C2CC2)n1C. The molecule has 20 heavy (non-hydrogen) atoms. The van der Waals surface area contributed by atoms with E-state index in [-0.39, 0.29) is 5.91 Å². The molecule has 0 N–H and O–H groups in total. The molecule has 2 rings (SSSR count). The van der Waals surface area contributed by atoms with Crippen LogP contribution in [0, 0.1) is 0 Å². The van der Waals surface area contributed by atoms with Gasteiger partial charge in [-0.1, -0.05) is 6.08 Å². The third kappa shape index (κ3) is 3.66. The van der Waals surface area contributed by atoms with Gasteiger partial charge in [-0.2, -0.15) is 0 Å². The third-order valence-corrected chi connectivity index (χ3v) is 3.43. The van der Waals surface area contributed by atoms with Crippen molar-refractivity contribution in [3.05, 3.63) is 23.8 Å². The summed E-state index contributed by atoms with van der Waals surface area (Å²) in [5, 5.41) is 8.42. The average molecular weight is 277 g/mol. The zero-order valence-corrected chi connectivity index (χ0v) is 12.7. The van der Waals surface area contributed by atoms with Gasteiger partial charge in [0, 0.05) is 32.6 Å². The highest BCUT2D eigenvalue weighted by molar-refractivity contribution is 5.87. The Hall–Kier alpha value is -1.69. The van der Waals surface area contributed by atoms with Gasteiger partial charge in [0.1, 0.15) is 5.82 Å². The zero-order valence-electron chi connectivity index (χ0n) is 12.7. The van der Waals surface area contributed by atoms with Crippen molar-refractivity contribution in [2.75, 3.05) is 27.7 Å². The van der Waals surface area contributed by atoms with Crippen molar-refractivity contribution in [3.8, 4) is 0 Å². The van der Waals surface area contributed by atoms with Crippen LogP contribution in [-0.2, 0) is 18.4 Å². The lowest BCUT2D eigenvalue weighted by atomic mass is 10.4. The van der Waals surface area contributed by atoms with Crippen LogP contribution in [-0.4, -0.2) is 58.2 Å². The second kappa shape index (κ2) is 6.17. The number of aromatic nitrogens is 3. The molecule has 110 valence electrons. The summed E-state index contributed by atoms with van der Waals surface area (Å²) in [6, 6.07) is 0. The Labute approximate surface area is 120 Å². The summed E-state index contributed by atoms with van der Waals surface area (Å²) in [5.74, 6) is 2.44. The molecule has 0 unspecified atom stereocenters. The topological polar surface area (TPSA) is 54.3 Å². The Morgan fingerprint density at radius 1 is 1.35 bits per heavy atom. The summed E-state index contributed by atoms with van der Waals surface area (Å²) >= 11 is 0. The van der Waals surface area contributed by atoms with Gasteiger partial charge in [-0.05, 0) is 26.9 Å². The minimum atomic E-state index is -0.0113. The van der Waals surface area contributed by atoms with Crippen molar-refractivity contribution >= 4 is 5.91 Å². The predicted molar refractivity (Wildman–Crippen MR) is 77.1 cm³/mol. The van der Waals surface area contributed by atoms with E-state index in [4.69, 9.17) is 0 Å². The Kier molecular flexibility index (Phi) is 4.54. The molecule has 1 aromatic heterocycles. The molecule has 6 heteroatoms. The Morgan fingerprint density at radius 3 is 2.65 bits per heavy atom.